The molecule has 30 heavy (non-hydrogen) atoms. The Labute approximate surface area is 182 Å². The predicted molar refractivity (Wildman–Crippen MR) is 92.4 cm³/mol. The first-order valence-electron chi connectivity index (χ1n) is 7.16. The van der Waals surface area contributed by atoms with Gasteiger partial charge in [0.15, 0.2) is 0 Å². The third-order valence-electron chi connectivity index (χ3n) is 3.32. The maximum absolute atomic E-state index is 13.6. The summed E-state index contributed by atoms with van der Waals surface area (Å²) in [4.78, 5) is 11.7. The van der Waals surface area contributed by atoms with Gasteiger partial charge in [-0.05, 0) is 46.9 Å². The van der Waals surface area contributed by atoms with Gasteiger partial charge in [-0.15, -0.1) is 0 Å². The molecular weight excluding hydrogens is 628 g/mol. The fourth-order valence-electron chi connectivity index (χ4n) is 1.72. The lowest BCUT2D eigenvalue weighted by Gasteiger charge is -2.36. The number of halogens is 13. The summed E-state index contributed by atoms with van der Waals surface area (Å²) in [5.74, 6) is -29.4. The summed E-state index contributed by atoms with van der Waals surface area (Å²) in [6, 6.07) is 5.20. The summed E-state index contributed by atoms with van der Waals surface area (Å²) >= 11 is 3.89. The molecule has 0 heterocycles. The van der Waals surface area contributed by atoms with Crippen molar-refractivity contribution in [2.45, 2.75) is 29.9 Å². The monoisotopic (exact) mass is 634 g/mol. The van der Waals surface area contributed by atoms with Gasteiger partial charge in [-0.3, -0.25) is 0 Å². The van der Waals surface area contributed by atoms with Gasteiger partial charge >= 0.3 is 35.8 Å². The summed E-state index contributed by atoms with van der Waals surface area (Å²) < 4.78 is 146. The Hall–Kier alpha value is -1.13. The van der Waals surface area contributed by atoms with Gasteiger partial charge in [-0.2, -0.15) is 48.3 Å². The Morgan fingerprint density at radius 3 is 1.77 bits per heavy atom. The minimum absolute atomic E-state index is 0.115. The molecule has 1 aromatic carbocycles. The summed E-state index contributed by atoms with van der Waals surface area (Å²) in [6.45, 7) is -1.18. The van der Waals surface area contributed by atoms with E-state index in [2.05, 4.69) is 20.7 Å². The van der Waals surface area contributed by atoms with Crippen molar-refractivity contribution < 1.29 is 57.8 Å². The van der Waals surface area contributed by atoms with E-state index in [1.165, 1.54) is 24.3 Å². The second-order valence-electron chi connectivity index (χ2n) is 5.52. The van der Waals surface area contributed by atoms with Crippen molar-refractivity contribution in [2.24, 2.45) is 0 Å². The number of allylic oxidation sites excluding steroid dienone is 1. The van der Waals surface area contributed by atoms with E-state index < -0.39 is 52.1 Å². The van der Waals surface area contributed by atoms with Crippen LogP contribution >= 0.6 is 38.5 Å². The quantitative estimate of drug-likeness (QED) is 0.183. The van der Waals surface area contributed by atoms with E-state index >= 15 is 0 Å². The molecule has 0 radical (unpaired) electrons. The van der Waals surface area contributed by atoms with Crippen LogP contribution in [0.25, 0.3) is 0 Å². The fourth-order valence-corrected chi connectivity index (χ4v) is 2.53. The average Bonchev–Trinajstić information content (AvgIpc) is 2.58. The molecule has 1 aromatic rings. The van der Waals surface area contributed by atoms with Crippen LogP contribution in [0.1, 0.15) is 10.4 Å². The molecule has 15 heteroatoms. The molecule has 0 bridgehead atoms. The Morgan fingerprint density at radius 1 is 0.867 bits per heavy atom. The maximum Gasteiger partial charge on any atom is 0.460 e. The number of esters is 1. The molecule has 0 aliphatic heterocycles. The molecule has 0 amide bonds. The van der Waals surface area contributed by atoms with Gasteiger partial charge < -0.3 is 4.74 Å². The second-order valence-corrected chi connectivity index (χ2v) is 7.82. The number of rotatable bonds is 7. The molecule has 0 aliphatic carbocycles. The molecule has 0 aliphatic rings. The van der Waals surface area contributed by atoms with Crippen molar-refractivity contribution in [1.29, 1.82) is 0 Å². The lowest BCUT2D eigenvalue weighted by Crippen LogP contribution is -2.66. The van der Waals surface area contributed by atoms with Gasteiger partial charge in [0.1, 0.15) is 6.61 Å². The van der Waals surface area contributed by atoms with Crippen molar-refractivity contribution in [3.05, 3.63) is 44.0 Å². The van der Waals surface area contributed by atoms with Gasteiger partial charge in [-0.1, -0.05) is 15.9 Å². The highest BCUT2D eigenvalue weighted by Gasteiger charge is 2.86. The first-order chi connectivity index (χ1) is 13.3. The Kier molecular flexibility index (Phi) is 7.88. The van der Waals surface area contributed by atoms with E-state index in [1.54, 1.807) is 0 Å². The largest absolute Gasteiger partial charge is 0.460 e. The van der Waals surface area contributed by atoms with Gasteiger partial charge in [0.2, 0.25) is 0 Å². The normalized spacial score (nSPS) is 14.6. The summed E-state index contributed by atoms with van der Waals surface area (Å²) in [5.41, 5.74) is -0.115. The van der Waals surface area contributed by atoms with Crippen LogP contribution in [0.15, 0.2) is 38.4 Å². The van der Waals surface area contributed by atoms with Crippen LogP contribution in [0, 0.1) is 0 Å². The van der Waals surface area contributed by atoms with Crippen LogP contribution in [-0.4, -0.2) is 42.4 Å². The molecule has 0 unspecified atom stereocenters. The molecule has 0 aromatic heterocycles. The number of hydrogen-bond acceptors (Lipinski definition) is 2. The van der Waals surface area contributed by atoms with E-state index in [0.29, 0.717) is 4.47 Å². The van der Waals surface area contributed by atoms with Crippen LogP contribution in [0.3, 0.4) is 0 Å². The van der Waals surface area contributed by atoms with Crippen molar-refractivity contribution in [3.63, 3.8) is 0 Å². The van der Waals surface area contributed by atoms with Gasteiger partial charge in [-0.25, -0.2) is 4.79 Å². The zero-order chi connectivity index (χ0) is 23.8. The highest BCUT2D eigenvalue weighted by molar-refractivity contribution is 14.1. The summed E-state index contributed by atoms with van der Waals surface area (Å²) in [7, 11) is 0. The molecule has 0 N–H and O–H groups in total. The number of hydrogen-bond donors (Lipinski definition) is 0. The Balaban J connectivity index is 3.06. The zero-order valence-corrected chi connectivity index (χ0v) is 17.6. The number of ether oxygens (including phenoxy) is 1. The molecule has 0 atom stereocenters. The maximum atomic E-state index is 13.6. The molecule has 1 rings (SSSR count). The molecule has 0 saturated heterocycles. The van der Waals surface area contributed by atoms with Crippen molar-refractivity contribution >= 4 is 44.5 Å². The highest BCUT2D eigenvalue weighted by atomic mass is 127. The van der Waals surface area contributed by atoms with Crippen LogP contribution in [0.5, 0.6) is 0 Å². The third kappa shape index (κ3) is 5.19. The minimum atomic E-state index is -7.50. The number of carbonyl (C=O) groups excluding carboxylic acids is 1. The smallest absolute Gasteiger partial charge is 0.457 e. The third-order valence-corrected chi connectivity index (χ3v) is 4.47. The summed E-state index contributed by atoms with van der Waals surface area (Å²) in [5, 5.41) is 0. The Bertz CT molecular complexity index is 804. The number of benzene rings is 1. The molecule has 2 nitrogen and oxygen atoms in total. The molecule has 0 fully saturated rings. The molecular formula is C15H7BrF11IO2. The van der Waals surface area contributed by atoms with E-state index in [0.717, 1.165) is 22.6 Å². The topological polar surface area (TPSA) is 26.3 Å². The SMILES string of the molecule is O=C(OCC(I)=CC(F)(F)C(F)(F)C(F)(F)C(F)(F)C(F)(F)F)c1ccc(Br)cc1. The van der Waals surface area contributed by atoms with Gasteiger partial charge in [0.25, 0.3) is 0 Å². The molecule has 0 spiro atoms. The van der Waals surface area contributed by atoms with E-state index in [-0.39, 0.29) is 5.56 Å². The van der Waals surface area contributed by atoms with E-state index in [1.807, 2.05) is 0 Å². The number of alkyl halides is 11. The average molecular weight is 635 g/mol. The van der Waals surface area contributed by atoms with Crippen LogP contribution < -0.4 is 0 Å². The summed E-state index contributed by atoms with van der Waals surface area (Å²) in [6.07, 6.45) is -8.21. The predicted octanol–water partition coefficient (Wildman–Crippen LogP) is 7.03. The van der Waals surface area contributed by atoms with E-state index in [9.17, 15) is 53.1 Å². The van der Waals surface area contributed by atoms with Crippen LogP contribution in [-0.2, 0) is 4.74 Å². The highest BCUT2D eigenvalue weighted by Crippen LogP contribution is 2.57. The van der Waals surface area contributed by atoms with Crippen molar-refractivity contribution in [3.8, 4) is 0 Å². The first-order valence-corrected chi connectivity index (χ1v) is 9.03. The fraction of sp³-hybridized carbons (Fsp3) is 0.400. The van der Waals surface area contributed by atoms with Crippen LogP contribution in [0.2, 0.25) is 0 Å². The number of carbonyl (C=O) groups is 1. The zero-order valence-electron chi connectivity index (χ0n) is 13.8. The van der Waals surface area contributed by atoms with Gasteiger partial charge in [0, 0.05) is 14.1 Å². The first kappa shape index (κ1) is 26.9. The lowest BCUT2D eigenvalue weighted by molar-refractivity contribution is -0.416. The van der Waals surface area contributed by atoms with Crippen molar-refractivity contribution in [1.82, 2.24) is 0 Å². The second kappa shape index (κ2) is 8.78. The van der Waals surface area contributed by atoms with E-state index in [4.69, 9.17) is 0 Å². The standard InChI is InChI=1S/C15H7BrF11IO2/c16-8-3-1-7(2-4-8)10(29)30-6-9(28)5-11(17,18)12(19,20)13(21,22)14(23,24)15(25,26)27/h1-5H,6H2. The molecule has 170 valence electrons. The molecule has 0 saturated carbocycles. The lowest BCUT2D eigenvalue weighted by atomic mass is 9.98. The van der Waals surface area contributed by atoms with Crippen molar-refractivity contribution in [2.75, 3.05) is 6.61 Å². The van der Waals surface area contributed by atoms with Gasteiger partial charge in [0.05, 0.1) is 5.56 Å². The minimum Gasteiger partial charge on any atom is -0.457 e. The van der Waals surface area contributed by atoms with Crippen LogP contribution in [0.4, 0.5) is 48.3 Å². The Morgan fingerprint density at radius 2 is 1.33 bits per heavy atom.